The predicted molar refractivity (Wildman–Crippen MR) is 198 cm³/mol. The van der Waals surface area contributed by atoms with Crippen molar-refractivity contribution >= 4 is 17.5 Å². The molecule has 1 aromatic heterocycles. The van der Waals surface area contributed by atoms with Crippen LogP contribution in [0.4, 0.5) is 5.69 Å². The summed E-state index contributed by atoms with van der Waals surface area (Å²) in [6, 6.07) is 30.7. The molecule has 1 atom stereocenters. The number of ether oxygens (including phenoxy) is 2. The Morgan fingerprint density at radius 1 is 0.843 bits per heavy atom. The molecular formula is C42H45N5O4. The number of rotatable bonds is 4. The predicted octanol–water partition coefficient (Wildman–Crippen LogP) is 7.81. The van der Waals surface area contributed by atoms with Crippen molar-refractivity contribution in [2.24, 2.45) is 0 Å². The molecule has 0 saturated heterocycles. The molecule has 1 unspecified atom stereocenters. The standard InChI is InChI=1S/C42H45N5O4/c1-29(2)31-13-17-37(18-14-31)47-40(48)25-30-11-19-38(20-12-30)50-24-23-46-27-36(44-45-46)28-51-39-21-15-32(16-22-39)33-7-6-8-34(26-33)41(47)42(49)43-35-9-4-3-5-10-35/h6-8,11-22,26-27,29,35,41H,3-5,9-10,23-25,28H2,1-2H3,(H,43,49). The van der Waals surface area contributed by atoms with Crippen LogP contribution in [0.3, 0.4) is 0 Å². The molecule has 5 heterocycles. The third-order valence-corrected chi connectivity index (χ3v) is 9.80. The Morgan fingerprint density at radius 3 is 2.31 bits per heavy atom. The minimum Gasteiger partial charge on any atom is -0.492 e. The SMILES string of the molecule is CC(C)c1ccc(N2C(=O)Cc3ccc(cc3)OCCn3cc(nn3)COc3ccc(cc3)-c3cccc(c3)C2C(=O)NC2CCCCC2)cc1. The average Bonchev–Trinajstić information content (AvgIpc) is 3.61. The highest BCUT2D eigenvalue weighted by molar-refractivity contribution is 6.02. The number of amides is 2. The van der Waals surface area contributed by atoms with Crippen molar-refractivity contribution in [1.82, 2.24) is 20.3 Å². The molecule has 262 valence electrons. The van der Waals surface area contributed by atoms with E-state index in [1.807, 2.05) is 91.1 Å². The van der Waals surface area contributed by atoms with Gasteiger partial charge in [0.25, 0.3) is 0 Å². The van der Waals surface area contributed by atoms with E-state index in [0.717, 1.165) is 53.6 Å². The maximum absolute atomic E-state index is 14.6. The molecule has 1 saturated carbocycles. The molecule has 0 spiro atoms. The lowest BCUT2D eigenvalue weighted by Crippen LogP contribution is -2.47. The summed E-state index contributed by atoms with van der Waals surface area (Å²) in [7, 11) is 0. The van der Waals surface area contributed by atoms with Crippen molar-refractivity contribution in [1.29, 1.82) is 0 Å². The first-order valence-electron chi connectivity index (χ1n) is 18.1. The second kappa shape index (κ2) is 15.6. The summed E-state index contributed by atoms with van der Waals surface area (Å²) < 4.78 is 13.8. The lowest BCUT2D eigenvalue weighted by atomic mass is 9.93. The van der Waals surface area contributed by atoms with Crippen molar-refractivity contribution in [3.05, 3.63) is 126 Å². The highest BCUT2D eigenvalue weighted by Gasteiger charge is 2.34. The zero-order valence-corrected chi connectivity index (χ0v) is 29.3. The van der Waals surface area contributed by atoms with Crippen LogP contribution in [-0.2, 0) is 29.2 Å². The maximum Gasteiger partial charge on any atom is 0.248 e. The molecule has 4 aromatic carbocycles. The second-order valence-electron chi connectivity index (χ2n) is 13.8. The molecule has 1 fully saturated rings. The lowest BCUT2D eigenvalue weighted by molar-refractivity contribution is -0.127. The second-order valence-corrected chi connectivity index (χ2v) is 13.8. The molecule has 0 radical (unpaired) electrons. The van der Waals surface area contributed by atoms with E-state index >= 15 is 0 Å². The van der Waals surface area contributed by atoms with Gasteiger partial charge in [-0.2, -0.15) is 0 Å². The molecular weight excluding hydrogens is 638 g/mol. The van der Waals surface area contributed by atoms with Gasteiger partial charge in [-0.15, -0.1) is 5.10 Å². The van der Waals surface area contributed by atoms with Gasteiger partial charge in [0.2, 0.25) is 11.8 Å². The normalized spacial score (nSPS) is 17.2. The van der Waals surface area contributed by atoms with Crippen molar-refractivity contribution in [2.45, 2.75) is 83.5 Å². The van der Waals surface area contributed by atoms with Crippen LogP contribution in [0, 0.1) is 0 Å². The van der Waals surface area contributed by atoms with Gasteiger partial charge in [-0.3, -0.25) is 14.5 Å². The van der Waals surface area contributed by atoms with E-state index in [4.69, 9.17) is 9.47 Å². The zero-order valence-electron chi connectivity index (χ0n) is 29.3. The number of hydrogen-bond acceptors (Lipinski definition) is 6. The quantitative estimate of drug-likeness (QED) is 0.208. The van der Waals surface area contributed by atoms with Crippen LogP contribution in [-0.4, -0.2) is 39.5 Å². The minimum absolute atomic E-state index is 0.0811. The fourth-order valence-corrected chi connectivity index (χ4v) is 6.93. The van der Waals surface area contributed by atoms with E-state index in [1.165, 1.54) is 12.0 Å². The van der Waals surface area contributed by atoms with Gasteiger partial charge in [0.1, 0.15) is 36.4 Å². The third kappa shape index (κ3) is 8.31. The van der Waals surface area contributed by atoms with Crippen molar-refractivity contribution < 1.29 is 19.1 Å². The van der Waals surface area contributed by atoms with Crippen LogP contribution >= 0.6 is 0 Å². The molecule has 2 amide bonds. The summed E-state index contributed by atoms with van der Waals surface area (Å²) in [6.45, 7) is 5.51. The van der Waals surface area contributed by atoms with E-state index in [9.17, 15) is 9.59 Å². The molecule has 51 heavy (non-hydrogen) atoms. The fraction of sp³-hybridized carbons (Fsp3) is 0.333. The Kier molecular flexibility index (Phi) is 10.4. The number of hydrogen-bond donors (Lipinski definition) is 1. The van der Waals surface area contributed by atoms with Gasteiger partial charge in [-0.25, -0.2) is 4.68 Å². The van der Waals surface area contributed by atoms with Crippen LogP contribution < -0.4 is 19.7 Å². The lowest BCUT2D eigenvalue weighted by Gasteiger charge is -2.34. The van der Waals surface area contributed by atoms with Crippen LogP contribution in [0.1, 0.15) is 80.3 Å². The summed E-state index contributed by atoms with van der Waals surface area (Å²) in [4.78, 5) is 30.9. The molecule has 1 aliphatic carbocycles. The van der Waals surface area contributed by atoms with Gasteiger partial charge < -0.3 is 14.8 Å². The highest BCUT2D eigenvalue weighted by Crippen LogP contribution is 2.34. The van der Waals surface area contributed by atoms with Crippen LogP contribution in [0.25, 0.3) is 11.1 Å². The van der Waals surface area contributed by atoms with Crippen LogP contribution in [0.5, 0.6) is 11.5 Å². The Bertz CT molecular complexity index is 1930. The Balaban J connectivity index is 1.30. The van der Waals surface area contributed by atoms with Gasteiger partial charge in [-0.05, 0) is 89.0 Å². The van der Waals surface area contributed by atoms with E-state index in [2.05, 4.69) is 41.6 Å². The van der Waals surface area contributed by atoms with Crippen LogP contribution in [0.2, 0.25) is 0 Å². The zero-order chi connectivity index (χ0) is 35.2. The molecule has 5 aromatic rings. The Labute approximate surface area is 299 Å². The largest absolute Gasteiger partial charge is 0.492 e. The van der Waals surface area contributed by atoms with E-state index in [0.29, 0.717) is 36.3 Å². The fourth-order valence-electron chi connectivity index (χ4n) is 6.93. The average molecular weight is 684 g/mol. The summed E-state index contributed by atoms with van der Waals surface area (Å²) in [5.74, 6) is 1.39. The molecule has 8 bridgehead atoms. The van der Waals surface area contributed by atoms with Crippen molar-refractivity contribution in [2.75, 3.05) is 11.5 Å². The number of aromatic nitrogens is 3. The van der Waals surface area contributed by atoms with Crippen molar-refractivity contribution in [3.8, 4) is 22.6 Å². The Hall–Kier alpha value is -5.44. The molecule has 9 nitrogen and oxygen atoms in total. The number of nitrogens with zero attached hydrogens (tertiary/aromatic N) is 4. The molecule has 1 N–H and O–H groups in total. The number of nitrogens with one attached hydrogen (secondary N) is 1. The number of benzene rings is 4. The first-order chi connectivity index (χ1) is 24.9. The molecule has 10 rings (SSSR count). The van der Waals surface area contributed by atoms with Gasteiger partial charge in [0.05, 0.1) is 19.2 Å². The maximum atomic E-state index is 14.6. The van der Waals surface area contributed by atoms with Gasteiger partial charge in [0, 0.05) is 11.7 Å². The molecule has 9 heteroatoms. The van der Waals surface area contributed by atoms with E-state index < -0.39 is 6.04 Å². The van der Waals surface area contributed by atoms with E-state index in [-0.39, 0.29) is 30.9 Å². The summed E-state index contributed by atoms with van der Waals surface area (Å²) in [6.07, 6.45) is 7.21. The summed E-state index contributed by atoms with van der Waals surface area (Å²) >= 11 is 0. The Morgan fingerprint density at radius 2 is 1.57 bits per heavy atom. The van der Waals surface area contributed by atoms with Gasteiger partial charge in [-0.1, -0.05) is 92.9 Å². The smallest absolute Gasteiger partial charge is 0.248 e. The summed E-state index contributed by atoms with van der Waals surface area (Å²) in [5, 5.41) is 11.8. The number of carbonyl (C=O) groups is 2. The number of anilines is 1. The topological polar surface area (TPSA) is 98.6 Å². The summed E-state index contributed by atoms with van der Waals surface area (Å²) in [5.41, 5.74) is 6.05. The first-order valence-corrected chi connectivity index (χ1v) is 18.1. The van der Waals surface area contributed by atoms with Crippen molar-refractivity contribution in [3.63, 3.8) is 0 Å². The molecule has 4 aliphatic heterocycles. The highest BCUT2D eigenvalue weighted by atomic mass is 16.5. The number of carbonyl (C=O) groups excluding carboxylic acids is 2. The molecule has 5 aliphatic rings. The van der Waals surface area contributed by atoms with Crippen LogP contribution in [0.15, 0.2) is 103 Å². The van der Waals surface area contributed by atoms with Gasteiger partial charge in [0.15, 0.2) is 0 Å². The monoisotopic (exact) mass is 683 g/mol. The first kappa shape index (κ1) is 34.0. The minimum atomic E-state index is -0.885. The van der Waals surface area contributed by atoms with Gasteiger partial charge >= 0.3 is 0 Å². The van der Waals surface area contributed by atoms with E-state index in [1.54, 1.807) is 9.58 Å². The third-order valence-electron chi connectivity index (χ3n) is 9.80.